The highest BCUT2D eigenvalue weighted by molar-refractivity contribution is 6.74. The lowest BCUT2D eigenvalue weighted by Gasteiger charge is -2.55. The number of nitrogens with zero attached hydrogens (tertiary/aromatic N) is 4. The van der Waals surface area contributed by atoms with Crippen LogP contribution in [-0.4, -0.2) is 85.8 Å². The quantitative estimate of drug-likeness (QED) is 0.169. The molecule has 0 spiro atoms. The van der Waals surface area contributed by atoms with Crippen LogP contribution < -0.4 is 9.64 Å². The number of rotatable bonds is 9. The Morgan fingerprint density at radius 3 is 2.35 bits per heavy atom. The van der Waals surface area contributed by atoms with Crippen LogP contribution in [0.15, 0.2) is 46.5 Å². The second-order valence-corrected chi connectivity index (χ2v) is 23.7. The molecule has 11 heteroatoms. The fourth-order valence-electron chi connectivity index (χ4n) is 9.66. The largest absolute Gasteiger partial charge is 0.507 e. The van der Waals surface area contributed by atoms with Crippen molar-refractivity contribution in [1.29, 1.82) is 0 Å². The number of aryl methyl sites for hydroxylation is 1. The summed E-state index contributed by atoms with van der Waals surface area (Å²) >= 11 is 0. The Hall–Kier alpha value is -3.77. The number of aromatic nitrogens is 1. The van der Waals surface area contributed by atoms with Crippen molar-refractivity contribution in [2.24, 2.45) is 11.8 Å². The molecule has 10 nitrogen and oxygen atoms in total. The number of anilines is 1. The zero-order valence-corrected chi connectivity index (χ0v) is 35.9. The predicted octanol–water partition coefficient (Wildman–Crippen LogP) is 8.29. The van der Waals surface area contributed by atoms with E-state index in [1.165, 1.54) is 12.0 Å². The fraction of sp³-hybridized carbons (Fsp3) is 0.568. The van der Waals surface area contributed by atoms with Gasteiger partial charge in [-0.25, -0.2) is 0 Å². The molecule has 0 unspecified atom stereocenters. The summed E-state index contributed by atoms with van der Waals surface area (Å²) in [5, 5.41) is 16.5. The SMILES string of the molecule is Cc1cc(CN2CCCC2(C)C)c(N(C)C)c2c1C(O)=C1C(=O)[C@]3(O[Si](C)(C)C(C)(C)C)C(=O)c4c(OCc5ccccc5)noc4[C@@H](N(C)C)[C@@H]3C[C@@H]1C2. The summed E-state index contributed by atoms with van der Waals surface area (Å²) < 4.78 is 19.6. The van der Waals surface area contributed by atoms with Crippen molar-refractivity contribution >= 4 is 31.3 Å². The number of Topliss-reactive ketones (excluding diaryl/α,β-unsaturated/α-hetero) is 2. The highest BCUT2D eigenvalue weighted by Crippen LogP contribution is 2.59. The van der Waals surface area contributed by atoms with Crippen LogP contribution in [-0.2, 0) is 28.8 Å². The molecule has 4 aliphatic rings. The van der Waals surface area contributed by atoms with Crippen molar-refractivity contribution in [3.8, 4) is 5.88 Å². The van der Waals surface area contributed by atoms with E-state index in [2.05, 4.69) is 82.8 Å². The van der Waals surface area contributed by atoms with Crippen LogP contribution in [0.5, 0.6) is 5.88 Å². The zero-order valence-electron chi connectivity index (χ0n) is 34.9. The number of ketones is 2. The number of hydrogen-bond acceptors (Lipinski definition) is 10. The molecule has 1 saturated carbocycles. The number of aliphatic hydroxyl groups is 1. The van der Waals surface area contributed by atoms with E-state index >= 15 is 9.59 Å². The molecular weight excluding hydrogens is 709 g/mol. The van der Waals surface area contributed by atoms with Crippen LogP contribution >= 0.6 is 0 Å². The van der Waals surface area contributed by atoms with Gasteiger partial charge in [-0.1, -0.05) is 57.2 Å². The number of likely N-dealkylation sites (tertiary alicyclic amines) is 1. The number of carbonyl (C=O) groups excluding carboxylic acids is 2. The Kier molecular flexibility index (Phi) is 9.84. The average molecular weight is 769 g/mol. The number of benzene rings is 2. The third kappa shape index (κ3) is 6.29. The third-order valence-electron chi connectivity index (χ3n) is 13.4. The highest BCUT2D eigenvalue weighted by Gasteiger charge is 2.69. The molecule has 0 amide bonds. The van der Waals surface area contributed by atoms with Crippen molar-refractivity contribution in [3.63, 3.8) is 0 Å². The molecule has 2 aromatic carbocycles. The summed E-state index contributed by atoms with van der Waals surface area (Å²) in [5.41, 5.74) is 4.51. The van der Waals surface area contributed by atoms with Gasteiger partial charge in [0, 0.05) is 48.9 Å². The Morgan fingerprint density at radius 2 is 1.75 bits per heavy atom. The molecule has 3 aromatic rings. The van der Waals surface area contributed by atoms with E-state index in [9.17, 15) is 5.11 Å². The summed E-state index contributed by atoms with van der Waals surface area (Å²) in [5.74, 6) is -1.50. The van der Waals surface area contributed by atoms with Crippen molar-refractivity contribution < 1.29 is 28.4 Å². The maximum Gasteiger partial charge on any atom is 0.265 e. The number of hydrogen-bond donors (Lipinski definition) is 1. The van der Waals surface area contributed by atoms with E-state index in [0.29, 0.717) is 29.7 Å². The minimum Gasteiger partial charge on any atom is -0.507 e. The van der Waals surface area contributed by atoms with E-state index in [4.69, 9.17) is 13.7 Å². The summed E-state index contributed by atoms with van der Waals surface area (Å²) in [6, 6.07) is 11.3. The number of carbonyl (C=O) groups is 2. The maximum absolute atomic E-state index is 15.8. The first-order valence-electron chi connectivity index (χ1n) is 19.8. The minimum absolute atomic E-state index is 0.0348. The van der Waals surface area contributed by atoms with Crippen molar-refractivity contribution in [2.45, 2.75) is 116 Å². The van der Waals surface area contributed by atoms with Gasteiger partial charge in [0.25, 0.3) is 5.88 Å². The standard InChI is InChI=1S/C44H60N4O6Si/c1-26-21-29(24-48-20-16-19-43(48,5)6)35(46(7)8)30-22-28-23-31-36(47(9)10)38-34(41(45-53-38)52-25-27-17-14-13-15-18-27)40(51)44(31,54-55(11,12)42(2,3)4)39(50)33(28)37(49)32(26)30/h13-15,17-18,21,28,31,36,49H,16,19-20,22-25H2,1-12H3/t28-,31-,36-,44-/m0/s1. The van der Waals surface area contributed by atoms with E-state index in [-0.39, 0.29) is 40.3 Å². The fourth-order valence-corrected chi connectivity index (χ4v) is 11.1. The summed E-state index contributed by atoms with van der Waals surface area (Å²) in [6.07, 6.45) is 3.32. The second-order valence-electron chi connectivity index (χ2n) is 19.0. The van der Waals surface area contributed by atoms with Crippen molar-refractivity contribution in [3.05, 3.63) is 81.1 Å². The highest BCUT2D eigenvalue weighted by atomic mass is 28.4. The molecular formula is C44H60N4O6Si. The van der Waals surface area contributed by atoms with E-state index < -0.39 is 37.4 Å². The lowest BCUT2D eigenvalue weighted by molar-refractivity contribution is -0.140. The molecule has 7 rings (SSSR count). The molecule has 1 N–H and O–H groups in total. The minimum atomic E-state index is -2.84. The Morgan fingerprint density at radius 1 is 1.05 bits per heavy atom. The van der Waals surface area contributed by atoms with Crippen LogP contribution in [0.4, 0.5) is 5.69 Å². The van der Waals surface area contributed by atoms with Crippen LogP contribution in [0, 0.1) is 18.8 Å². The van der Waals surface area contributed by atoms with Gasteiger partial charge in [0.1, 0.15) is 17.9 Å². The third-order valence-corrected chi connectivity index (χ3v) is 17.9. The van der Waals surface area contributed by atoms with Gasteiger partial charge in [0.05, 0.1) is 6.04 Å². The van der Waals surface area contributed by atoms with Crippen molar-refractivity contribution in [1.82, 2.24) is 15.0 Å². The van der Waals surface area contributed by atoms with Crippen LogP contribution in [0.25, 0.3) is 5.76 Å². The van der Waals surface area contributed by atoms with E-state index in [1.54, 1.807) is 0 Å². The predicted molar refractivity (Wildman–Crippen MR) is 218 cm³/mol. The number of fused-ring (bicyclic) bond motifs is 4. The summed E-state index contributed by atoms with van der Waals surface area (Å²) in [6.45, 7) is 19.2. The Labute approximate surface area is 328 Å². The first kappa shape index (κ1) is 39.5. The lowest BCUT2D eigenvalue weighted by Crippen LogP contribution is -2.68. The topological polar surface area (TPSA) is 109 Å². The maximum atomic E-state index is 15.8. The van der Waals surface area contributed by atoms with Crippen LogP contribution in [0.3, 0.4) is 0 Å². The molecule has 2 heterocycles. The second kappa shape index (κ2) is 13.7. The normalized spacial score (nSPS) is 25.1. The first-order chi connectivity index (χ1) is 25.7. The Bertz CT molecular complexity index is 2040. The van der Waals surface area contributed by atoms with Gasteiger partial charge in [0.2, 0.25) is 11.6 Å². The van der Waals surface area contributed by atoms with Gasteiger partial charge in [-0.3, -0.25) is 19.4 Å². The van der Waals surface area contributed by atoms with Crippen molar-refractivity contribution in [2.75, 3.05) is 39.6 Å². The molecule has 0 radical (unpaired) electrons. The zero-order chi connectivity index (χ0) is 40.0. The van der Waals surface area contributed by atoms with Gasteiger partial charge in [0.15, 0.2) is 19.7 Å². The van der Waals surface area contributed by atoms with Gasteiger partial charge in [-0.15, -0.1) is 0 Å². The summed E-state index contributed by atoms with van der Waals surface area (Å²) in [7, 11) is 5.18. The molecule has 1 saturated heterocycles. The number of aliphatic hydroxyl groups excluding tert-OH is 1. The lowest BCUT2D eigenvalue weighted by atomic mass is 9.57. The molecule has 296 valence electrons. The molecule has 1 aromatic heterocycles. The van der Waals surface area contributed by atoms with Gasteiger partial charge in [-0.05, 0) is 119 Å². The van der Waals surface area contributed by atoms with Crippen LogP contribution in [0.2, 0.25) is 18.1 Å². The van der Waals surface area contributed by atoms with Gasteiger partial charge in [-0.2, -0.15) is 0 Å². The van der Waals surface area contributed by atoms with E-state index in [1.807, 2.05) is 56.3 Å². The molecule has 0 bridgehead atoms. The molecule has 4 atom stereocenters. The number of ether oxygens (including phenoxy) is 1. The molecule has 2 fully saturated rings. The van der Waals surface area contributed by atoms with Gasteiger partial charge >= 0.3 is 0 Å². The van der Waals surface area contributed by atoms with Gasteiger partial charge < -0.3 is 23.7 Å². The monoisotopic (exact) mass is 768 g/mol. The molecule has 1 aliphatic heterocycles. The molecule has 3 aliphatic carbocycles. The van der Waals surface area contributed by atoms with E-state index in [0.717, 1.165) is 41.9 Å². The molecule has 55 heavy (non-hydrogen) atoms. The summed E-state index contributed by atoms with van der Waals surface area (Å²) in [4.78, 5) is 38.0. The van der Waals surface area contributed by atoms with Crippen LogP contribution in [0.1, 0.15) is 104 Å². The Balaban J connectivity index is 1.41. The average Bonchev–Trinajstić information content (AvgIpc) is 3.66. The smallest absolute Gasteiger partial charge is 0.265 e. The first-order valence-corrected chi connectivity index (χ1v) is 22.8.